The van der Waals surface area contributed by atoms with E-state index < -0.39 is 0 Å². The molecule has 0 atom stereocenters. The van der Waals surface area contributed by atoms with Gasteiger partial charge in [-0.05, 0) is 41.9 Å². The number of benzene rings is 2. The first-order valence-corrected chi connectivity index (χ1v) is 8.46. The van der Waals surface area contributed by atoms with Gasteiger partial charge >= 0.3 is 0 Å². The fraction of sp³-hybridized carbons (Fsp3) is 0.263. The van der Waals surface area contributed by atoms with Gasteiger partial charge in [-0.3, -0.25) is 4.79 Å². The Morgan fingerprint density at radius 1 is 1.08 bits per heavy atom. The SMILES string of the molecule is CCc1ccc(NC(=S)N(CCC(N)=O)Cc2ccccc2)cc1. The van der Waals surface area contributed by atoms with Gasteiger partial charge in [0, 0.05) is 25.2 Å². The number of carbonyl (C=O) groups is 1. The first-order chi connectivity index (χ1) is 11.6. The molecule has 0 aliphatic rings. The van der Waals surface area contributed by atoms with E-state index in [1.807, 2.05) is 47.4 Å². The van der Waals surface area contributed by atoms with Crippen molar-refractivity contribution in [3.8, 4) is 0 Å². The van der Waals surface area contributed by atoms with Gasteiger partial charge in [-0.25, -0.2) is 0 Å². The smallest absolute Gasteiger partial charge is 0.219 e. The fourth-order valence-electron chi connectivity index (χ4n) is 2.33. The molecule has 3 N–H and O–H groups in total. The topological polar surface area (TPSA) is 58.4 Å². The minimum Gasteiger partial charge on any atom is -0.370 e. The molecule has 0 radical (unpaired) electrons. The van der Waals surface area contributed by atoms with E-state index in [0.29, 0.717) is 18.2 Å². The minimum atomic E-state index is -0.330. The first kappa shape index (κ1) is 17.9. The third-order valence-corrected chi connectivity index (χ3v) is 4.11. The molecule has 24 heavy (non-hydrogen) atoms. The van der Waals surface area contributed by atoms with Crippen molar-refractivity contribution in [1.82, 2.24) is 4.90 Å². The minimum absolute atomic E-state index is 0.267. The Hall–Kier alpha value is -2.40. The van der Waals surface area contributed by atoms with Crippen LogP contribution < -0.4 is 11.1 Å². The molecule has 0 fully saturated rings. The highest BCUT2D eigenvalue weighted by atomic mass is 32.1. The lowest BCUT2D eigenvalue weighted by Crippen LogP contribution is -2.36. The van der Waals surface area contributed by atoms with Gasteiger partial charge in [0.25, 0.3) is 0 Å². The van der Waals surface area contributed by atoms with Crippen molar-refractivity contribution in [3.63, 3.8) is 0 Å². The van der Waals surface area contributed by atoms with Crippen LogP contribution in [-0.2, 0) is 17.8 Å². The van der Waals surface area contributed by atoms with E-state index in [0.717, 1.165) is 17.7 Å². The van der Waals surface area contributed by atoms with E-state index in [1.165, 1.54) is 5.56 Å². The Bertz CT molecular complexity index is 671. The number of thiocarbonyl (C=S) groups is 1. The van der Waals surface area contributed by atoms with E-state index in [1.54, 1.807) is 0 Å². The van der Waals surface area contributed by atoms with E-state index in [4.69, 9.17) is 18.0 Å². The van der Waals surface area contributed by atoms with Gasteiger partial charge in [-0.15, -0.1) is 0 Å². The van der Waals surface area contributed by atoms with E-state index >= 15 is 0 Å². The molecule has 126 valence electrons. The second-order valence-electron chi connectivity index (χ2n) is 5.60. The molecule has 0 bridgehead atoms. The maximum atomic E-state index is 11.1. The predicted molar refractivity (Wildman–Crippen MR) is 103 cm³/mol. The number of aryl methyl sites for hydroxylation is 1. The summed E-state index contributed by atoms with van der Waals surface area (Å²) in [5, 5.41) is 3.83. The summed E-state index contributed by atoms with van der Waals surface area (Å²) in [4.78, 5) is 13.1. The van der Waals surface area contributed by atoms with E-state index in [2.05, 4.69) is 24.4 Å². The van der Waals surface area contributed by atoms with Crippen molar-refractivity contribution in [1.29, 1.82) is 0 Å². The van der Waals surface area contributed by atoms with Crippen LogP contribution in [0.25, 0.3) is 0 Å². The molecule has 2 aromatic carbocycles. The molecule has 0 saturated heterocycles. The molecule has 1 amide bonds. The summed E-state index contributed by atoms with van der Waals surface area (Å²) in [6.07, 6.45) is 1.27. The number of nitrogens with zero attached hydrogens (tertiary/aromatic N) is 1. The van der Waals surface area contributed by atoms with Crippen molar-refractivity contribution >= 4 is 28.9 Å². The van der Waals surface area contributed by atoms with Crippen LogP contribution >= 0.6 is 12.2 Å². The van der Waals surface area contributed by atoms with Crippen molar-refractivity contribution in [2.75, 3.05) is 11.9 Å². The van der Waals surface area contributed by atoms with Crippen LogP contribution in [0.5, 0.6) is 0 Å². The number of hydrogen-bond donors (Lipinski definition) is 2. The van der Waals surface area contributed by atoms with Gasteiger partial charge in [0.15, 0.2) is 5.11 Å². The summed E-state index contributed by atoms with van der Waals surface area (Å²) in [5.74, 6) is -0.330. The van der Waals surface area contributed by atoms with Crippen LogP contribution in [0.2, 0.25) is 0 Å². The number of nitrogens with two attached hydrogens (primary N) is 1. The normalized spacial score (nSPS) is 10.2. The van der Waals surface area contributed by atoms with Crippen molar-refractivity contribution < 1.29 is 4.79 Å². The maximum Gasteiger partial charge on any atom is 0.219 e. The number of amides is 1. The Labute approximate surface area is 148 Å². The predicted octanol–water partition coefficient (Wildman–Crippen LogP) is 3.32. The number of hydrogen-bond acceptors (Lipinski definition) is 2. The molecule has 2 aromatic rings. The molecule has 2 rings (SSSR count). The molecular formula is C19H23N3OS. The van der Waals surface area contributed by atoms with Crippen molar-refractivity contribution in [3.05, 3.63) is 65.7 Å². The molecule has 4 nitrogen and oxygen atoms in total. The highest BCUT2D eigenvalue weighted by molar-refractivity contribution is 7.80. The Kier molecular flexibility index (Phi) is 6.75. The highest BCUT2D eigenvalue weighted by Gasteiger charge is 2.12. The van der Waals surface area contributed by atoms with Crippen LogP contribution in [-0.4, -0.2) is 22.5 Å². The van der Waals surface area contributed by atoms with Crippen molar-refractivity contribution in [2.45, 2.75) is 26.3 Å². The highest BCUT2D eigenvalue weighted by Crippen LogP contribution is 2.13. The summed E-state index contributed by atoms with van der Waals surface area (Å²) < 4.78 is 0. The molecular weight excluding hydrogens is 318 g/mol. The van der Waals surface area contributed by atoms with Gasteiger partial charge in [0.1, 0.15) is 0 Å². The molecule has 0 aromatic heterocycles. The number of nitrogens with one attached hydrogen (secondary N) is 1. The van der Waals surface area contributed by atoms with Gasteiger partial charge in [-0.1, -0.05) is 49.4 Å². The number of carbonyl (C=O) groups excluding carboxylic acids is 1. The van der Waals surface area contributed by atoms with Crippen LogP contribution in [0.15, 0.2) is 54.6 Å². The van der Waals surface area contributed by atoms with Crippen LogP contribution in [0.1, 0.15) is 24.5 Å². The van der Waals surface area contributed by atoms with Crippen LogP contribution in [0.4, 0.5) is 5.69 Å². The zero-order valence-electron chi connectivity index (χ0n) is 13.9. The summed E-state index contributed by atoms with van der Waals surface area (Å²) in [6.45, 7) is 3.24. The Balaban J connectivity index is 2.06. The molecule has 0 aliphatic heterocycles. The Morgan fingerprint density at radius 3 is 2.33 bits per heavy atom. The number of anilines is 1. The average Bonchev–Trinajstić information content (AvgIpc) is 2.60. The molecule has 0 spiro atoms. The third-order valence-electron chi connectivity index (χ3n) is 3.75. The number of primary amides is 1. The second-order valence-corrected chi connectivity index (χ2v) is 5.99. The van der Waals surface area contributed by atoms with Gasteiger partial charge < -0.3 is 16.0 Å². The van der Waals surface area contributed by atoms with Gasteiger partial charge in [0.05, 0.1) is 0 Å². The van der Waals surface area contributed by atoms with Crippen molar-refractivity contribution in [2.24, 2.45) is 5.73 Å². The maximum absolute atomic E-state index is 11.1. The zero-order chi connectivity index (χ0) is 17.4. The van der Waals surface area contributed by atoms with Gasteiger partial charge in [-0.2, -0.15) is 0 Å². The monoisotopic (exact) mass is 341 g/mol. The average molecular weight is 341 g/mol. The summed E-state index contributed by atoms with van der Waals surface area (Å²) in [6, 6.07) is 18.2. The summed E-state index contributed by atoms with van der Waals surface area (Å²) in [5.41, 5.74) is 8.64. The van der Waals surface area contributed by atoms with Gasteiger partial charge in [0.2, 0.25) is 5.91 Å². The summed E-state index contributed by atoms with van der Waals surface area (Å²) in [7, 11) is 0. The Morgan fingerprint density at radius 2 is 1.75 bits per heavy atom. The van der Waals surface area contributed by atoms with Crippen LogP contribution in [0, 0.1) is 0 Å². The fourth-order valence-corrected chi connectivity index (χ4v) is 2.60. The first-order valence-electron chi connectivity index (χ1n) is 8.05. The lowest BCUT2D eigenvalue weighted by Gasteiger charge is -2.25. The third kappa shape index (κ3) is 5.66. The quantitative estimate of drug-likeness (QED) is 0.759. The largest absolute Gasteiger partial charge is 0.370 e. The van der Waals surface area contributed by atoms with Crippen LogP contribution in [0.3, 0.4) is 0 Å². The standard InChI is InChI=1S/C19H23N3OS/c1-2-15-8-10-17(11-9-15)21-19(24)22(13-12-18(20)23)14-16-6-4-3-5-7-16/h3-11H,2,12-14H2,1H3,(H2,20,23)(H,21,24). The molecule has 0 unspecified atom stereocenters. The lowest BCUT2D eigenvalue weighted by atomic mass is 10.1. The molecule has 5 heteroatoms. The second kappa shape index (κ2) is 9.03. The van der Waals surface area contributed by atoms with E-state index in [9.17, 15) is 4.79 Å². The molecule has 0 aliphatic carbocycles. The molecule has 0 saturated carbocycles. The molecule has 0 heterocycles. The summed E-state index contributed by atoms with van der Waals surface area (Å²) >= 11 is 5.53. The number of rotatable bonds is 7. The van der Waals surface area contributed by atoms with E-state index in [-0.39, 0.29) is 12.3 Å². The zero-order valence-corrected chi connectivity index (χ0v) is 14.7. The lowest BCUT2D eigenvalue weighted by molar-refractivity contribution is -0.118.